The fourth-order valence-electron chi connectivity index (χ4n) is 1.42. The van der Waals surface area contributed by atoms with Crippen LogP contribution >= 0.6 is 0 Å². The van der Waals surface area contributed by atoms with Gasteiger partial charge in [-0.25, -0.2) is 17.5 Å². The molecule has 0 aromatic heterocycles. The number of sulfonamides is 1. The fraction of sp³-hybridized carbons (Fsp3) is 0.500. The normalized spacial score (nSPS) is 11.7. The predicted octanol–water partition coefficient (Wildman–Crippen LogP) is 1.41. The second-order valence-electron chi connectivity index (χ2n) is 4.02. The minimum atomic E-state index is -3.60. The van der Waals surface area contributed by atoms with Crippen molar-refractivity contribution < 1.29 is 12.8 Å². The van der Waals surface area contributed by atoms with Crippen LogP contribution in [0.5, 0.6) is 0 Å². The first-order valence-electron chi connectivity index (χ1n) is 5.94. The van der Waals surface area contributed by atoms with Gasteiger partial charge in [-0.1, -0.05) is 13.0 Å². The van der Waals surface area contributed by atoms with Gasteiger partial charge in [0.1, 0.15) is 5.82 Å². The zero-order valence-electron chi connectivity index (χ0n) is 10.7. The van der Waals surface area contributed by atoms with E-state index in [1.54, 1.807) is 6.92 Å². The van der Waals surface area contributed by atoms with Gasteiger partial charge in [0.25, 0.3) is 0 Å². The van der Waals surface area contributed by atoms with Gasteiger partial charge in [-0.15, -0.1) is 0 Å². The van der Waals surface area contributed by atoms with E-state index in [4.69, 9.17) is 0 Å². The average molecular weight is 274 g/mol. The highest BCUT2D eigenvalue weighted by Gasteiger charge is 2.14. The molecule has 1 aromatic rings. The van der Waals surface area contributed by atoms with E-state index < -0.39 is 15.8 Å². The molecule has 0 saturated heterocycles. The molecule has 0 aliphatic rings. The van der Waals surface area contributed by atoms with Crippen molar-refractivity contribution in [1.82, 2.24) is 10.0 Å². The smallest absolute Gasteiger partial charge is 0.240 e. The molecule has 0 bridgehead atoms. The summed E-state index contributed by atoms with van der Waals surface area (Å²) in [4.78, 5) is -0.0333. The Morgan fingerprint density at radius 3 is 2.61 bits per heavy atom. The van der Waals surface area contributed by atoms with Crippen LogP contribution in [0.2, 0.25) is 0 Å². The van der Waals surface area contributed by atoms with Crippen LogP contribution in [-0.4, -0.2) is 28.1 Å². The molecule has 0 saturated carbocycles. The maximum atomic E-state index is 13.3. The molecule has 0 spiro atoms. The van der Waals surface area contributed by atoms with Gasteiger partial charge in [0.05, 0.1) is 4.90 Å². The van der Waals surface area contributed by atoms with Crippen molar-refractivity contribution in [3.05, 3.63) is 29.6 Å². The van der Waals surface area contributed by atoms with E-state index in [2.05, 4.69) is 10.0 Å². The maximum absolute atomic E-state index is 13.3. The summed E-state index contributed by atoms with van der Waals surface area (Å²) in [6.45, 7) is 5.52. The molecule has 0 radical (unpaired) electrons. The summed E-state index contributed by atoms with van der Waals surface area (Å²) >= 11 is 0. The van der Waals surface area contributed by atoms with Crippen molar-refractivity contribution >= 4 is 10.0 Å². The first kappa shape index (κ1) is 15.1. The van der Waals surface area contributed by atoms with Crippen LogP contribution in [0.1, 0.15) is 18.9 Å². The van der Waals surface area contributed by atoms with Crippen LogP contribution in [0.4, 0.5) is 4.39 Å². The number of nitrogens with one attached hydrogen (secondary N) is 2. The van der Waals surface area contributed by atoms with Gasteiger partial charge in [0.2, 0.25) is 10.0 Å². The molecule has 0 aliphatic carbocycles. The Labute approximate surface area is 108 Å². The van der Waals surface area contributed by atoms with E-state index in [1.165, 1.54) is 12.1 Å². The SMILES string of the molecule is CCNCCCNS(=O)(=O)c1ccc(C)c(F)c1. The van der Waals surface area contributed by atoms with Gasteiger partial charge < -0.3 is 5.32 Å². The summed E-state index contributed by atoms with van der Waals surface area (Å²) in [5.74, 6) is -0.509. The van der Waals surface area contributed by atoms with Gasteiger partial charge >= 0.3 is 0 Å². The number of benzene rings is 1. The van der Waals surface area contributed by atoms with E-state index in [9.17, 15) is 12.8 Å². The second kappa shape index (κ2) is 6.82. The van der Waals surface area contributed by atoms with Crippen molar-refractivity contribution in [2.75, 3.05) is 19.6 Å². The molecule has 0 amide bonds. The molecule has 1 rings (SSSR count). The standard InChI is InChI=1S/C12H19FN2O2S/c1-3-14-7-4-8-15-18(16,17)11-6-5-10(2)12(13)9-11/h5-6,9,14-15H,3-4,7-8H2,1-2H3. The molecule has 0 aliphatic heterocycles. The van der Waals surface area contributed by atoms with Gasteiger partial charge in [-0.2, -0.15) is 0 Å². The number of aryl methyl sites for hydroxylation is 1. The lowest BCUT2D eigenvalue weighted by atomic mass is 10.2. The first-order valence-corrected chi connectivity index (χ1v) is 7.42. The highest BCUT2D eigenvalue weighted by Crippen LogP contribution is 2.13. The molecule has 0 atom stereocenters. The van der Waals surface area contributed by atoms with E-state index in [1.807, 2.05) is 6.92 Å². The highest BCUT2D eigenvalue weighted by molar-refractivity contribution is 7.89. The summed E-state index contributed by atoms with van der Waals surface area (Å²) < 4.78 is 39.4. The number of rotatable bonds is 7. The Balaban J connectivity index is 2.60. The summed E-state index contributed by atoms with van der Waals surface area (Å²) in [5, 5.41) is 3.10. The van der Waals surface area contributed by atoms with Crippen LogP contribution in [0, 0.1) is 12.7 Å². The van der Waals surface area contributed by atoms with Crippen LogP contribution in [0.3, 0.4) is 0 Å². The molecule has 2 N–H and O–H groups in total. The maximum Gasteiger partial charge on any atom is 0.240 e. The van der Waals surface area contributed by atoms with Crippen LogP contribution in [-0.2, 0) is 10.0 Å². The van der Waals surface area contributed by atoms with Gasteiger partial charge in [0.15, 0.2) is 0 Å². The largest absolute Gasteiger partial charge is 0.317 e. The lowest BCUT2D eigenvalue weighted by Crippen LogP contribution is -2.27. The molecule has 0 unspecified atom stereocenters. The van der Waals surface area contributed by atoms with E-state index in [0.29, 0.717) is 18.5 Å². The Morgan fingerprint density at radius 1 is 1.28 bits per heavy atom. The zero-order valence-corrected chi connectivity index (χ0v) is 11.5. The third-order valence-corrected chi connectivity index (χ3v) is 3.98. The van der Waals surface area contributed by atoms with E-state index >= 15 is 0 Å². The minimum absolute atomic E-state index is 0.0333. The second-order valence-corrected chi connectivity index (χ2v) is 5.78. The molecule has 4 nitrogen and oxygen atoms in total. The molecule has 6 heteroatoms. The third-order valence-electron chi connectivity index (χ3n) is 2.53. The first-order chi connectivity index (χ1) is 8.47. The van der Waals surface area contributed by atoms with Crippen LogP contribution in [0.25, 0.3) is 0 Å². The Kier molecular flexibility index (Phi) is 5.71. The Hall–Kier alpha value is -0.980. The quantitative estimate of drug-likeness (QED) is 0.739. The van der Waals surface area contributed by atoms with Crippen LogP contribution < -0.4 is 10.0 Å². The van der Waals surface area contributed by atoms with Crippen molar-refractivity contribution in [2.45, 2.75) is 25.2 Å². The minimum Gasteiger partial charge on any atom is -0.317 e. The number of hydrogen-bond acceptors (Lipinski definition) is 3. The molecule has 102 valence electrons. The van der Waals surface area contributed by atoms with Gasteiger partial charge in [-0.05, 0) is 44.1 Å². The molecule has 1 aromatic carbocycles. The number of halogens is 1. The van der Waals surface area contributed by atoms with E-state index in [-0.39, 0.29) is 4.90 Å². The summed E-state index contributed by atoms with van der Waals surface area (Å²) in [6, 6.07) is 3.91. The molecule has 18 heavy (non-hydrogen) atoms. The highest BCUT2D eigenvalue weighted by atomic mass is 32.2. The Morgan fingerprint density at radius 2 is 2.00 bits per heavy atom. The van der Waals surface area contributed by atoms with Crippen molar-refractivity contribution in [2.24, 2.45) is 0 Å². The van der Waals surface area contributed by atoms with Crippen molar-refractivity contribution in [1.29, 1.82) is 0 Å². The van der Waals surface area contributed by atoms with Crippen molar-refractivity contribution in [3.8, 4) is 0 Å². The molecule has 0 heterocycles. The van der Waals surface area contributed by atoms with Crippen molar-refractivity contribution in [3.63, 3.8) is 0 Å². The molecular weight excluding hydrogens is 255 g/mol. The Bertz CT molecular complexity index is 489. The molecule has 0 fully saturated rings. The van der Waals surface area contributed by atoms with Gasteiger partial charge in [-0.3, -0.25) is 0 Å². The third kappa shape index (κ3) is 4.36. The summed E-state index contributed by atoms with van der Waals surface area (Å²) in [5.41, 5.74) is 0.432. The fourth-order valence-corrected chi connectivity index (χ4v) is 2.51. The summed E-state index contributed by atoms with van der Waals surface area (Å²) in [7, 11) is -3.60. The van der Waals surface area contributed by atoms with Gasteiger partial charge in [0, 0.05) is 6.54 Å². The topological polar surface area (TPSA) is 58.2 Å². The monoisotopic (exact) mass is 274 g/mol. The van der Waals surface area contributed by atoms with Crippen LogP contribution in [0.15, 0.2) is 23.1 Å². The summed E-state index contributed by atoms with van der Waals surface area (Å²) in [6.07, 6.45) is 0.696. The zero-order chi connectivity index (χ0) is 13.6. The van der Waals surface area contributed by atoms with E-state index in [0.717, 1.165) is 19.2 Å². The predicted molar refractivity (Wildman–Crippen MR) is 69.5 cm³/mol. The lowest BCUT2D eigenvalue weighted by Gasteiger charge is -2.07. The average Bonchev–Trinajstić information content (AvgIpc) is 2.32. The lowest BCUT2D eigenvalue weighted by molar-refractivity contribution is 0.571. The number of hydrogen-bond donors (Lipinski definition) is 2. The molecular formula is C12H19FN2O2S.